The number of para-hydroxylation sites is 1. The highest BCUT2D eigenvalue weighted by molar-refractivity contribution is 5.47. The van der Waals surface area contributed by atoms with E-state index in [2.05, 4.69) is 15.3 Å². The van der Waals surface area contributed by atoms with E-state index in [4.69, 9.17) is 0 Å². The minimum absolute atomic E-state index is 0.0472. The molecule has 0 unspecified atom stereocenters. The van der Waals surface area contributed by atoms with Gasteiger partial charge in [0.25, 0.3) is 0 Å². The van der Waals surface area contributed by atoms with E-state index in [1.54, 1.807) is 14.1 Å². The molecule has 0 atom stereocenters. The predicted octanol–water partition coefficient (Wildman–Crippen LogP) is 2.58. The van der Waals surface area contributed by atoms with E-state index in [1.807, 2.05) is 0 Å². The molecular formula is C14H15F3N4O2. The van der Waals surface area contributed by atoms with Crippen LogP contribution >= 0.6 is 0 Å². The SMILES string of the molecule is CN(C)c1cc(C(F)(F)F)nc(NCc2cccc(O)c2O)n1. The van der Waals surface area contributed by atoms with E-state index in [0.717, 1.165) is 6.07 Å². The Kier molecular flexibility index (Phi) is 4.48. The molecule has 0 fully saturated rings. The third-order valence-corrected chi connectivity index (χ3v) is 3.00. The summed E-state index contributed by atoms with van der Waals surface area (Å²) in [6.45, 7) is -0.0472. The number of rotatable bonds is 4. The zero-order valence-electron chi connectivity index (χ0n) is 12.4. The van der Waals surface area contributed by atoms with Crippen LogP contribution in [0.3, 0.4) is 0 Å². The number of alkyl halides is 3. The molecule has 0 aliphatic carbocycles. The molecule has 3 N–H and O–H groups in total. The van der Waals surface area contributed by atoms with Crippen LogP contribution in [0.4, 0.5) is 24.9 Å². The summed E-state index contributed by atoms with van der Waals surface area (Å²) in [5.74, 6) is -0.802. The van der Waals surface area contributed by atoms with E-state index in [9.17, 15) is 23.4 Å². The highest BCUT2D eigenvalue weighted by atomic mass is 19.4. The molecule has 1 heterocycles. The van der Waals surface area contributed by atoms with Crippen molar-refractivity contribution in [2.75, 3.05) is 24.3 Å². The summed E-state index contributed by atoms with van der Waals surface area (Å²) >= 11 is 0. The summed E-state index contributed by atoms with van der Waals surface area (Å²) in [7, 11) is 3.13. The summed E-state index contributed by atoms with van der Waals surface area (Å²) in [6.07, 6.45) is -4.60. The third-order valence-electron chi connectivity index (χ3n) is 3.00. The quantitative estimate of drug-likeness (QED) is 0.749. The minimum Gasteiger partial charge on any atom is -0.504 e. The Morgan fingerprint density at radius 2 is 1.87 bits per heavy atom. The van der Waals surface area contributed by atoms with Crippen molar-refractivity contribution in [1.29, 1.82) is 0 Å². The Bertz CT molecular complexity index is 705. The molecule has 1 aromatic carbocycles. The van der Waals surface area contributed by atoms with Crippen molar-refractivity contribution in [2.45, 2.75) is 12.7 Å². The lowest BCUT2D eigenvalue weighted by Gasteiger charge is -2.16. The topological polar surface area (TPSA) is 81.5 Å². The van der Waals surface area contributed by atoms with E-state index < -0.39 is 11.9 Å². The van der Waals surface area contributed by atoms with Crippen molar-refractivity contribution >= 4 is 11.8 Å². The van der Waals surface area contributed by atoms with Gasteiger partial charge in [-0.1, -0.05) is 12.1 Å². The molecule has 0 saturated heterocycles. The molecule has 6 nitrogen and oxygen atoms in total. The molecule has 23 heavy (non-hydrogen) atoms. The molecule has 0 aliphatic rings. The molecule has 0 amide bonds. The van der Waals surface area contributed by atoms with E-state index >= 15 is 0 Å². The van der Waals surface area contributed by atoms with Gasteiger partial charge in [0.05, 0.1) is 0 Å². The summed E-state index contributed by atoms with van der Waals surface area (Å²) in [5, 5.41) is 21.7. The van der Waals surface area contributed by atoms with Crippen LogP contribution in [-0.2, 0) is 12.7 Å². The molecule has 0 spiro atoms. The lowest BCUT2D eigenvalue weighted by Crippen LogP contribution is -2.17. The number of phenols is 2. The van der Waals surface area contributed by atoms with Gasteiger partial charge >= 0.3 is 6.18 Å². The Labute approximate surface area is 130 Å². The van der Waals surface area contributed by atoms with Gasteiger partial charge in [0.15, 0.2) is 17.2 Å². The highest BCUT2D eigenvalue weighted by Crippen LogP contribution is 2.31. The Hall–Kier alpha value is -2.71. The average molecular weight is 328 g/mol. The average Bonchev–Trinajstić information content (AvgIpc) is 2.47. The van der Waals surface area contributed by atoms with Gasteiger partial charge < -0.3 is 20.4 Å². The monoisotopic (exact) mass is 328 g/mol. The number of hydrogen-bond donors (Lipinski definition) is 3. The Morgan fingerprint density at radius 3 is 2.48 bits per heavy atom. The smallest absolute Gasteiger partial charge is 0.433 e. The van der Waals surface area contributed by atoms with Crippen molar-refractivity contribution in [1.82, 2.24) is 9.97 Å². The second-order valence-corrected chi connectivity index (χ2v) is 4.97. The van der Waals surface area contributed by atoms with Crippen LogP contribution in [0.1, 0.15) is 11.3 Å². The Balaban J connectivity index is 2.28. The first-order valence-corrected chi connectivity index (χ1v) is 6.56. The summed E-state index contributed by atoms with van der Waals surface area (Å²) < 4.78 is 38.6. The predicted molar refractivity (Wildman–Crippen MR) is 78.5 cm³/mol. The fraction of sp³-hybridized carbons (Fsp3) is 0.286. The Morgan fingerprint density at radius 1 is 1.17 bits per heavy atom. The third kappa shape index (κ3) is 3.93. The second-order valence-electron chi connectivity index (χ2n) is 4.97. The maximum Gasteiger partial charge on any atom is 0.433 e. The van der Waals surface area contributed by atoms with E-state index in [0.29, 0.717) is 5.56 Å². The van der Waals surface area contributed by atoms with Gasteiger partial charge in [0.2, 0.25) is 5.95 Å². The largest absolute Gasteiger partial charge is 0.504 e. The molecule has 2 rings (SSSR count). The number of aromatic hydroxyl groups is 2. The second kappa shape index (κ2) is 6.19. The molecule has 9 heteroatoms. The zero-order valence-corrected chi connectivity index (χ0v) is 12.4. The van der Waals surface area contributed by atoms with Gasteiger partial charge in [-0.2, -0.15) is 18.2 Å². The molecule has 0 saturated carbocycles. The number of halogens is 3. The first kappa shape index (κ1) is 16.7. The molecule has 0 bridgehead atoms. The standard InChI is InChI=1S/C14H15F3N4O2/c1-21(2)11-6-10(14(15,16)17)19-13(20-11)18-7-8-4-3-5-9(22)12(8)23/h3-6,22-23H,7H2,1-2H3,(H,18,19,20). The molecule has 2 aromatic rings. The van der Waals surface area contributed by atoms with Crippen LogP contribution in [0.15, 0.2) is 24.3 Å². The summed E-state index contributed by atoms with van der Waals surface area (Å²) in [5.41, 5.74) is -0.767. The van der Waals surface area contributed by atoms with Crippen LogP contribution < -0.4 is 10.2 Å². The maximum atomic E-state index is 12.9. The van der Waals surface area contributed by atoms with Crippen molar-refractivity contribution in [2.24, 2.45) is 0 Å². The first-order valence-electron chi connectivity index (χ1n) is 6.56. The van der Waals surface area contributed by atoms with Crippen LogP contribution in [0.25, 0.3) is 0 Å². The van der Waals surface area contributed by atoms with Gasteiger partial charge in [0.1, 0.15) is 5.82 Å². The van der Waals surface area contributed by atoms with Crippen LogP contribution in [-0.4, -0.2) is 34.3 Å². The van der Waals surface area contributed by atoms with Crippen molar-refractivity contribution in [3.8, 4) is 11.5 Å². The van der Waals surface area contributed by atoms with Crippen molar-refractivity contribution in [3.63, 3.8) is 0 Å². The molecule has 0 radical (unpaired) electrons. The minimum atomic E-state index is -4.60. The van der Waals surface area contributed by atoms with Gasteiger partial charge in [0, 0.05) is 32.3 Å². The van der Waals surface area contributed by atoms with Crippen LogP contribution in [0.5, 0.6) is 11.5 Å². The van der Waals surface area contributed by atoms with Gasteiger partial charge in [-0.25, -0.2) is 4.98 Å². The van der Waals surface area contributed by atoms with E-state index in [-0.39, 0.29) is 29.8 Å². The summed E-state index contributed by atoms with van der Waals surface area (Å²) in [4.78, 5) is 8.83. The number of anilines is 2. The fourth-order valence-corrected chi connectivity index (χ4v) is 1.78. The number of phenolic OH excluding ortho intramolecular Hbond substituents is 2. The molecule has 124 valence electrons. The number of benzene rings is 1. The lowest BCUT2D eigenvalue weighted by molar-refractivity contribution is -0.141. The highest BCUT2D eigenvalue weighted by Gasteiger charge is 2.34. The van der Waals surface area contributed by atoms with Gasteiger partial charge in [-0.15, -0.1) is 0 Å². The van der Waals surface area contributed by atoms with E-state index in [1.165, 1.54) is 23.1 Å². The zero-order chi connectivity index (χ0) is 17.2. The molecule has 1 aromatic heterocycles. The van der Waals surface area contributed by atoms with Gasteiger partial charge in [-0.05, 0) is 6.07 Å². The van der Waals surface area contributed by atoms with Crippen molar-refractivity contribution in [3.05, 3.63) is 35.5 Å². The van der Waals surface area contributed by atoms with Crippen LogP contribution in [0.2, 0.25) is 0 Å². The molecular weight excluding hydrogens is 313 g/mol. The number of hydrogen-bond acceptors (Lipinski definition) is 6. The number of aromatic nitrogens is 2. The number of nitrogens with zero attached hydrogens (tertiary/aromatic N) is 3. The van der Waals surface area contributed by atoms with Crippen molar-refractivity contribution < 1.29 is 23.4 Å². The van der Waals surface area contributed by atoms with Crippen LogP contribution in [0, 0.1) is 0 Å². The maximum absolute atomic E-state index is 12.9. The lowest BCUT2D eigenvalue weighted by atomic mass is 10.2. The molecule has 0 aliphatic heterocycles. The summed E-state index contributed by atoms with van der Waals surface area (Å²) in [6, 6.07) is 5.16. The fourth-order valence-electron chi connectivity index (χ4n) is 1.78. The first-order chi connectivity index (χ1) is 10.7. The normalized spacial score (nSPS) is 11.3. The van der Waals surface area contributed by atoms with Gasteiger partial charge in [-0.3, -0.25) is 0 Å². The number of nitrogens with one attached hydrogen (secondary N) is 1.